The van der Waals surface area contributed by atoms with E-state index in [-0.39, 0.29) is 0 Å². The van der Waals surface area contributed by atoms with E-state index in [1.165, 1.54) is 12.5 Å². The number of fused-ring (bicyclic) bond motifs is 1. The van der Waals surface area contributed by atoms with Gasteiger partial charge in [-0.1, -0.05) is 6.07 Å². The number of hydrogen-bond acceptors (Lipinski definition) is 6. The molecule has 3 aromatic heterocycles. The molecule has 4 heterocycles. The smallest absolute Gasteiger partial charge is 0.217 e. The average Bonchev–Trinajstić information content (AvgIpc) is 2.64. The minimum Gasteiger partial charge on any atom is -0.294 e. The maximum Gasteiger partial charge on any atom is 0.217 e. The van der Waals surface area contributed by atoms with E-state index in [4.69, 9.17) is 0 Å². The maximum absolute atomic E-state index is 13.7. The minimum absolute atomic E-state index is 0.404. The van der Waals surface area contributed by atoms with E-state index in [0.29, 0.717) is 24.5 Å². The van der Waals surface area contributed by atoms with Crippen LogP contribution in [0, 0.1) is 5.95 Å². The van der Waals surface area contributed by atoms with Crippen molar-refractivity contribution in [3.63, 3.8) is 0 Å². The molecule has 0 unspecified atom stereocenters. The van der Waals surface area contributed by atoms with Crippen LogP contribution in [0.3, 0.4) is 0 Å². The fourth-order valence-corrected chi connectivity index (χ4v) is 2.84. The first-order chi connectivity index (χ1) is 11.8. The zero-order valence-electron chi connectivity index (χ0n) is 12.9. The molecule has 0 radical (unpaired) electrons. The second kappa shape index (κ2) is 6.37. The first-order valence-corrected chi connectivity index (χ1v) is 7.71. The van der Waals surface area contributed by atoms with E-state index in [2.05, 4.69) is 29.8 Å². The van der Waals surface area contributed by atoms with Gasteiger partial charge >= 0.3 is 0 Å². The SMILES string of the molecule is Fc1ncccc1CN1CCc2nc(-c3cncnc3)ncc2C1. The molecule has 24 heavy (non-hydrogen) atoms. The largest absolute Gasteiger partial charge is 0.294 e. The van der Waals surface area contributed by atoms with Gasteiger partial charge in [-0.25, -0.2) is 24.9 Å². The molecule has 0 bridgehead atoms. The third kappa shape index (κ3) is 2.98. The second-order valence-electron chi connectivity index (χ2n) is 5.71. The Hall–Kier alpha value is -2.80. The Morgan fingerprint density at radius 3 is 2.83 bits per heavy atom. The third-order valence-corrected chi connectivity index (χ3v) is 4.06. The quantitative estimate of drug-likeness (QED) is 0.687. The molecule has 0 saturated carbocycles. The minimum atomic E-state index is -0.404. The highest BCUT2D eigenvalue weighted by molar-refractivity contribution is 5.52. The predicted octanol–water partition coefficient (Wildman–Crippen LogP) is 2.03. The molecule has 1 aliphatic rings. The van der Waals surface area contributed by atoms with Gasteiger partial charge in [0.2, 0.25) is 5.95 Å². The lowest BCUT2D eigenvalue weighted by Gasteiger charge is -2.28. The second-order valence-corrected chi connectivity index (χ2v) is 5.71. The first-order valence-electron chi connectivity index (χ1n) is 7.71. The van der Waals surface area contributed by atoms with Crippen molar-refractivity contribution in [2.45, 2.75) is 19.5 Å². The Morgan fingerprint density at radius 2 is 2.00 bits per heavy atom. The van der Waals surface area contributed by atoms with Gasteiger partial charge in [0.05, 0.1) is 11.3 Å². The van der Waals surface area contributed by atoms with Gasteiger partial charge in [-0.3, -0.25) is 4.90 Å². The molecule has 6 nitrogen and oxygen atoms in total. The number of pyridine rings is 1. The Morgan fingerprint density at radius 1 is 1.12 bits per heavy atom. The van der Waals surface area contributed by atoms with Crippen molar-refractivity contribution in [2.75, 3.05) is 6.54 Å². The summed E-state index contributed by atoms with van der Waals surface area (Å²) in [7, 11) is 0. The molecule has 0 fully saturated rings. The molecule has 120 valence electrons. The summed E-state index contributed by atoms with van der Waals surface area (Å²) < 4.78 is 13.7. The van der Waals surface area contributed by atoms with Crippen LogP contribution in [0.2, 0.25) is 0 Å². The van der Waals surface area contributed by atoms with Crippen molar-refractivity contribution in [1.82, 2.24) is 29.8 Å². The fourth-order valence-electron chi connectivity index (χ4n) is 2.84. The van der Waals surface area contributed by atoms with Crippen LogP contribution in [-0.2, 0) is 19.5 Å². The number of hydrogen-bond donors (Lipinski definition) is 0. The van der Waals surface area contributed by atoms with Gasteiger partial charge in [-0.15, -0.1) is 0 Å². The standard InChI is InChI=1S/C17H15FN6/c18-16-12(2-1-4-21-16)9-24-5-3-15-14(10-24)8-22-17(23-15)13-6-19-11-20-7-13/h1-2,4,6-8,11H,3,5,9-10H2. The lowest BCUT2D eigenvalue weighted by molar-refractivity contribution is 0.239. The molecule has 4 rings (SSSR count). The fraction of sp³-hybridized carbons (Fsp3) is 0.235. The number of rotatable bonds is 3. The summed E-state index contributed by atoms with van der Waals surface area (Å²) in [5.41, 5.74) is 3.53. The van der Waals surface area contributed by atoms with Gasteiger partial charge < -0.3 is 0 Å². The molecule has 7 heteroatoms. The van der Waals surface area contributed by atoms with E-state index in [1.54, 1.807) is 24.5 Å². The summed E-state index contributed by atoms with van der Waals surface area (Å²) >= 11 is 0. The monoisotopic (exact) mass is 322 g/mol. The van der Waals surface area contributed by atoms with E-state index in [9.17, 15) is 4.39 Å². The van der Waals surface area contributed by atoms with Gasteiger partial charge in [0.15, 0.2) is 5.82 Å². The van der Waals surface area contributed by atoms with Crippen LogP contribution in [0.4, 0.5) is 4.39 Å². The topological polar surface area (TPSA) is 67.7 Å². The molecule has 0 atom stereocenters. The van der Waals surface area contributed by atoms with Crippen LogP contribution in [0.5, 0.6) is 0 Å². The summed E-state index contributed by atoms with van der Waals surface area (Å²) in [5, 5.41) is 0. The zero-order valence-corrected chi connectivity index (χ0v) is 12.9. The molecule has 0 N–H and O–H groups in total. The molecule has 0 aromatic carbocycles. The highest BCUT2D eigenvalue weighted by Gasteiger charge is 2.20. The molecule has 3 aromatic rings. The van der Waals surface area contributed by atoms with Crippen LogP contribution in [0.25, 0.3) is 11.4 Å². The number of aromatic nitrogens is 5. The van der Waals surface area contributed by atoms with Crippen molar-refractivity contribution in [3.05, 3.63) is 66.0 Å². The Balaban J connectivity index is 1.53. The highest BCUT2D eigenvalue weighted by atomic mass is 19.1. The van der Waals surface area contributed by atoms with Crippen molar-refractivity contribution in [3.8, 4) is 11.4 Å². The Bertz CT molecular complexity index is 855. The molecule has 0 saturated heterocycles. The van der Waals surface area contributed by atoms with Crippen LogP contribution in [-0.4, -0.2) is 36.4 Å². The van der Waals surface area contributed by atoms with Gasteiger partial charge in [0, 0.05) is 62.0 Å². The highest BCUT2D eigenvalue weighted by Crippen LogP contribution is 2.21. The molecule has 0 spiro atoms. The van der Waals surface area contributed by atoms with Crippen molar-refractivity contribution >= 4 is 0 Å². The normalized spacial score (nSPS) is 14.4. The lowest BCUT2D eigenvalue weighted by atomic mass is 10.1. The predicted molar refractivity (Wildman–Crippen MR) is 85.1 cm³/mol. The first kappa shape index (κ1) is 14.8. The van der Waals surface area contributed by atoms with Crippen LogP contribution in [0.1, 0.15) is 16.8 Å². The lowest BCUT2D eigenvalue weighted by Crippen LogP contribution is -2.31. The van der Waals surface area contributed by atoms with Crippen LogP contribution < -0.4 is 0 Å². The number of halogens is 1. The summed E-state index contributed by atoms with van der Waals surface area (Å²) in [4.78, 5) is 22.9. The summed E-state index contributed by atoms with van der Waals surface area (Å²) in [6.45, 7) is 2.06. The summed E-state index contributed by atoms with van der Waals surface area (Å²) in [6, 6.07) is 3.53. The maximum atomic E-state index is 13.7. The van der Waals surface area contributed by atoms with Crippen molar-refractivity contribution in [1.29, 1.82) is 0 Å². The van der Waals surface area contributed by atoms with E-state index < -0.39 is 5.95 Å². The van der Waals surface area contributed by atoms with Crippen molar-refractivity contribution in [2.24, 2.45) is 0 Å². The van der Waals surface area contributed by atoms with Gasteiger partial charge in [-0.2, -0.15) is 4.39 Å². The van der Waals surface area contributed by atoms with Crippen LogP contribution in [0.15, 0.2) is 43.2 Å². The molecule has 0 amide bonds. The van der Waals surface area contributed by atoms with E-state index in [0.717, 1.165) is 29.8 Å². The average molecular weight is 322 g/mol. The molecule has 0 aliphatic carbocycles. The summed E-state index contributed by atoms with van der Waals surface area (Å²) in [5.74, 6) is 0.236. The summed E-state index contributed by atoms with van der Waals surface area (Å²) in [6.07, 6.45) is 9.01. The zero-order chi connectivity index (χ0) is 16.4. The Kier molecular flexibility index (Phi) is 3.92. The number of nitrogens with zero attached hydrogens (tertiary/aromatic N) is 6. The van der Waals surface area contributed by atoms with Gasteiger partial charge in [0.1, 0.15) is 6.33 Å². The third-order valence-electron chi connectivity index (χ3n) is 4.06. The molecular formula is C17H15FN6. The van der Waals surface area contributed by atoms with E-state index in [1.807, 2.05) is 6.20 Å². The van der Waals surface area contributed by atoms with Crippen molar-refractivity contribution < 1.29 is 4.39 Å². The van der Waals surface area contributed by atoms with Gasteiger partial charge in [-0.05, 0) is 6.07 Å². The van der Waals surface area contributed by atoms with E-state index >= 15 is 0 Å². The molecule has 1 aliphatic heterocycles. The molecular weight excluding hydrogens is 307 g/mol. The Labute approximate surface area is 138 Å². The van der Waals surface area contributed by atoms with Gasteiger partial charge in [0.25, 0.3) is 0 Å². The van der Waals surface area contributed by atoms with Crippen LogP contribution >= 0.6 is 0 Å².